The minimum atomic E-state index is -0.476. The Morgan fingerprint density at radius 2 is 1.67 bits per heavy atom. The van der Waals surface area contributed by atoms with Crippen LogP contribution in [0.4, 0.5) is 5.69 Å². The van der Waals surface area contributed by atoms with E-state index in [0.717, 1.165) is 17.7 Å². The molecule has 0 saturated heterocycles. The fourth-order valence-electron chi connectivity index (χ4n) is 2.00. The highest BCUT2D eigenvalue weighted by Crippen LogP contribution is 2.18. The molecule has 1 unspecified atom stereocenters. The van der Waals surface area contributed by atoms with Gasteiger partial charge in [-0.25, -0.2) is 0 Å². The first-order valence-corrected chi connectivity index (χ1v) is 6.36. The second kappa shape index (κ2) is 6.22. The van der Waals surface area contributed by atoms with Crippen molar-refractivity contribution in [1.82, 2.24) is 0 Å². The molecule has 2 N–H and O–H groups in total. The van der Waals surface area contributed by atoms with Crippen LogP contribution in [-0.4, -0.2) is 11.7 Å². The number of hydrogen-bond donors (Lipinski definition) is 2. The zero-order valence-electron chi connectivity index (χ0n) is 10.6. The van der Waals surface area contributed by atoms with Crippen LogP contribution in [-0.2, 0) is 6.42 Å². The SMILES string of the molecule is CCc1ccccc1NCC(O)c1ccccc1. The molecule has 2 nitrogen and oxygen atoms in total. The molecule has 2 rings (SSSR count). The minimum absolute atomic E-state index is 0.476. The van der Waals surface area contributed by atoms with Crippen molar-refractivity contribution in [3.05, 3.63) is 65.7 Å². The average Bonchev–Trinajstić information content (AvgIpc) is 2.46. The summed E-state index contributed by atoms with van der Waals surface area (Å²) < 4.78 is 0. The molecule has 1 atom stereocenters. The highest BCUT2D eigenvalue weighted by atomic mass is 16.3. The van der Waals surface area contributed by atoms with Gasteiger partial charge in [-0.15, -0.1) is 0 Å². The Morgan fingerprint density at radius 1 is 1.00 bits per heavy atom. The first-order valence-electron chi connectivity index (χ1n) is 6.36. The van der Waals surface area contributed by atoms with Crippen LogP contribution in [0.5, 0.6) is 0 Å². The van der Waals surface area contributed by atoms with Crippen molar-refractivity contribution in [2.45, 2.75) is 19.4 Å². The maximum absolute atomic E-state index is 10.1. The summed E-state index contributed by atoms with van der Waals surface area (Å²) in [4.78, 5) is 0. The number of para-hydroxylation sites is 1. The topological polar surface area (TPSA) is 32.3 Å². The van der Waals surface area contributed by atoms with Gasteiger partial charge in [0, 0.05) is 12.2 Å². The largest absolute Gasteiger partial charge is 0.387 e. The van der Waals surface area contributed by atoms with Crippen molar-refractivity contribution >= 4 is 5.69 Å². The number of benzene rings is 2. The van der Waals surface area contributed by atoms with Gasteiger partial charge in [0.2, 0.25) is 0 Å². The predicted molar refractivity (Wildman–Crippen MR) is 75.7 cm³/mol. The first kappa shape index (κ1) is 12.7. The molecule has 0 radical (unpaired) electrons. The molecule has 0 aromatic heterocycles. The summed E-state index contributed by atoms with van der Waals surface area (Å²) in [7, 11) is 0. The smallest absolute Gasteiger partial charge is 0.0962 e. The van der Waals surface area contributed by atoms with Gasteiger partial charge >= 0.3 is 0 Å². The fraction of sp³-hybridized carbons (Fsp3) is 0.250. The van der Waals surface area contributed by atoms with Gasteiger partial charge in [0.15, 0.2) is 0 Å². The maximum Gasteiger partial charge on any atom is 0.0962 e. The van der Waals surface area contributed by atoms with Crippen LogP contribution >= 0.6 is 0 Å². The molecule has 0 aliphatic heterocycles. The van der Waals surface area contributed by atoms with Crippen LogP contribution in [0, 0.1) is 0 Å². The Labute approximate surface area is 108 Å². The molecule has 0 amide bonds. The minimum Gasteiger partial charge on any atom is -0.387 e. The second-order valence-corrected chi connectivity index (χ2v) is 4.32. The van der Waals surface area contributed by atoms with Crippen molar-refractivity contribution in [3.63, 3.8) is 0 Å². The molecule has 0 aliphatic carbocycles. The Hall–Kier alpha value is -1.80. The first-order chi connectivity index (χ1) is 8.81. The molecule has 94 valence electrons. The molecule has 18 heavy (non-hydrogen) atoms. The van der Waals surface area contributed by atoms with E-state index in [-0.39, 0.29) is 0 Å². The van der Waals surface area contributed by atoms with Gasteiger partial charge in [-0.1, -0.05) is 55.5 Å². The van der Waals surface area contributed by atoms with Gasteiger partial charge in [0.05, 0.1) is 6.10 Å². The van der Waals surface area contributed by atoms with Crippen molar-refractivity contribution in [1.29, 1.82) is 0 Å². The summed E-state index contributed by atoms with van der Waals surface area (Å²) in [5, 5.41) is 13.4. The maximum atomic E-state index is 10.1. The summed E-state index contributed by atoms with van der Waals surface area (Å²) in [6.45, 7) is 2.66. The van der Waals surface area contributed by atoms with E-state index in [1.54, 1.807) is 0 Å². The standard InChI is InChI=1S/C16H19NO/c1-2-13-8-6-7-11-15(13)17-12-16(18)14-9-4-3-5-10-14/h3-11,16-18H,2,12H2,1H3. The van der Waals surface area contributed by atoms with Crippen molar-refractivity contribution < 1.29 is 5.11 Å². The third-order valence-corrected chi connectivity index (χ3v) is 3.07. The molecule has 0 spiro atoms. The van der Waals surface area contributed by atoms with Crippen LogP contribution < -0.4 is 5.32 Å². The third kappa shape index (κ3) is 3.11. The van der Waals surface area contributed by atoms with E-state index in [1.807, 2.05) is 42.5 Å². The number of hydrogen-bond acceptors (Lipinski definition) is 2. The lowest BCUT2D eigenvalue weighted by Crippen LogP contribution is -2.13. The molecule has 0 aliphatic rings. The number of aliphatic hydroxyl groups is 1. The number of aryl methyl sites for hydroxylation is 1. The lowest BCUT2D eigenvalue weighted by Gasteiger charge is -2.15. The van der Waals surface area contributed by atoms with Gasteiger partial charge in [0.1, 0.15) is 0 Å². The van der Waals surface area contributed by atoms with Crippen molar-refractivity contribution in [2.24, 2.45) is 0 Å². The summed E-state index contributed by atoms with van der Waals surface area (Å²) in [6.07, 6.45) is 0.515. The van der Waals surface area contributed by atoms with E-state index >= 15 is 0 Å². The van der Waals surface area contributed by atoms with Crippen LogP contribution in [0.25, 0.3) is 0 Å². The quantitative estimate of drug-likeness (QED) is 0.841. The third-order valence-electron chi connectivity index (χ3n) is 3.07. The molecule has 0 fully saturated rings. The fourth-order valence-corrected chi connectivity index (χ4v) is 2.00. The van der Waals surface area contributed by atoms with E-state index in [1.165, 1.54) is 5.56 Å². The van der Waals surface area contributed by atoms with Gasteiger partial charge in [-0.2, -0.15) is 0 Å². The lowest BCUT2D eigenvalue weighted by molar-refractivity contribution is 0.191. The number of nitrogens with one attached hydrogen (secondary N) is 1. The Morgan fingerprint density at radius 3 is 2.39 bits per heavy atom. The van der Waals surface area contributed by atoms with E-state index in [2.05, 4.69) is 24.4 Å². The molecular weight excluding hydrogens is 222 g/mol. The van der Waals surface area contributed by atoms with E-state index in [4.69, 9.17) is 0 Å². The lowest BCUT2D eigenvalue weighted by atomic mass is 10.1. The van der Waals surface area contributed by atoms with Crippen LogP contribution in [0.2, 0.25) is 0 Å². The van der Waals surface area contributed by atoms with E-state index in [0.29, 0.717) is 6.54 Å². The van der Waals surface area contributed by atoms with Gasteiger partial charge in [-0.05, 0) is 23.6 Å². The zero-order chi connectivity index (χ0) is 12.8. The summed E-state index contributed by atoms with van der Waals surface area (Å²) in [6, 6.07) is 17.9. The molecule has 2 aromatic carbocycles. The summed E-state index contributed by atoms with van der Waals surface area (Å²) in [5.74, 6) is 0. The van der Waals surface area contributed by atoms with Gasteiger partial charge < -0.3 is 10.4 Å². The van der Waals surface area contributed by atoms with E-state index in [9.17, 15) is 5.11 Å². The average molecular weight is 241 g/mol. The van der Waals surface area contributed by atoms with Crippen LogP contribution in [0.15, 0.2) is 54.6 Å². The molecule has 0 saturated carbocycles. The zero-order valence-corrected chi connectivity index (χ0v) is 10.6. The highest BCUT2D eigenvalue weighted by molar-refractivity contribution is 5.51. The summed E-state index contributed by atoms with van der Waals surface area (Å²) in [5.41, 5.74) is 3.33. The highest BCUT2D eigenvalue weighted by Gasteiger charge is 2.07. The normalized spacial score (nSPS) is 12.1. The Kier molecular flexibility index (Phi) is 4.37. The number of rotatable bonds is 5. The van der Waals surface area contributed by atoms with Crippen molar-refractivity contribution in [3.8, 4) is 0 Å². The Bertz CT molecular complexity index is 481. The molecule has 2 aromatic rings. The van der Waals surface area contributed by atoms with Crippen LogP contribution in [0.1, 0.15) is 24.2 Å². The second-order valence-electron chi connectivity index (χ2n) is 4.32. The molecule has 0 bridgehead atoms. The molecule has 2 heteroatoms. The van der Waals surface area contributed by atoms with Crippen molar-refractivity contribution in [2.75, 3.05) is 11.9 Å². The van der Waals surface area contributed by atoms with Crippen LogP contribution in [0.3, 0.4) is 0 Å². The number of aliphatic hydroxyl groups excluding tert-OH is 1. The van der Waals surface area contributed by atoms with Gasteiger partial charge in [0.25, 0.3) is 0 Å². The summed E-state index contributed by atoms with van der Waals surface area (Å²) >= 11 is 0. The molecule has 0 heterocycles. The van der Waals surface area contributed by atoms with E-state index < -0.39 is 6.10 Å². The predicted octanol–water partition coefficient (Wildman–Crippen LogP) is 3.39. The monoisotopic (exact) mass is 241 g/mol. The number of anilines is 1. The van der Waals surface area contributed by atoms with Gasteiger partial charge in [-0.3, -0.25) is 0 Å². The molecular formula is C16H19NO. The Balaban J connectivity index is 1.99.